The third-order valence-electron chi connectivity index (χ3n) is 4.77. The van der Waals surface area contributed by atoms with Crippen molar-refractivity contribution in [1.29, 1.82) is 0 Å². The van der Waals surface area contributed by atoms with Crippen molar-refractivity contribution in [2.75, 3.05) is 31.6 Å². The smallest absolute Gasteiger partial charge is 0.286 e. The van der Waals surface area contributed by atoms with Crippen LogP contribution < -0.4 is 10.1 Å². The van der Waals surface area contributed by atoms with Crippen LogP contribution in [0.1, 0.15) is 30.7 Å². The molecule has 31 heavy (non-hydrogen) atoms. The number of hydrogen-bond acceptors (Lipinski definition) is 7. The lowest BCUT2D eigenvalue weighted by Gasteiger charge is -2.27. The minimum atomic E-state index is -0.379. The van der Waals surface area contributed by atoms with Gasteiger partial charge in [-0.2, -0.15) is 0 Å². The Labute approximate surface area is 183 Å². The molecule has 1 aliphatic heterocycles. The number of aromatic nitrogens is 2. The van der Waals surface area contributed by atoms with Gasteiger partial charge in [-0.3, -0.25) is 9.59 Å². The fourth-order valence-corrected chi connectivity index (χ4v) is 3.77. The minimum Gasteiger partial charge on any atom is -0.486 e. The number of morpholine rings is 1. The van der Waals surface area contributed by atoms with Crippen LogP contribution in [0, 0.1) is 6.92 Å². The molecule has 0 unspecified atom stereocenters. The lowest BCUT2D eigenvalue weighted by molar-refractivity contribution is 0.0303. The number of para-hydroxylation sites is 1. The van der Waals surface area contributed by atoms with E-state index in [9.17, 15) is 9.59 Å². The lowest BCUT2D eigenvalue weighted by Crippen LogP contribution is -2.40. The number of carbonyl (C=O) groups excluding carboxylic acids is 2. The number of benzene rings is 2. The second-order valence-electron chi connectivity index (χ2n) is 6.99. The summed E-state index contributed by atoms with van der Waals surface area (Å²) in [6.45, 7) is 4.40. The lowest BCUT2D eigenvalue weighted by atomic mass is 10.1. The Morgan fingerprint density at radius 1 is 1.13 bits per heavy atom. The number of nitrogens with zero attached hydrogens (tertiary/aromatic N) is 3. The topological polar surface area (TPSA) is 93.7 Å². The highest BCUT2D eigenvalue weighted by Crippen LogP contribution is 2.20. The molecule has 0 bridgehead atoms. The first-order valence-electron chi connectivity index (χ1n) is 9.89. The molecule has 3 aromatic rings. The molecular formula is C22H22N4O4S. The van der Waals surface area contributed by atoms with Crippen LogP contribution in [0.2, 0.25) is 0 Å². The van der Waals surface area contributed by atoms with E-state index in [0.29, 0.717) is 42.6 Å². The van der Waals surface area contributed by atoms with Gasteiger partial charge in [0.05, 0.1) is 13.2 Å². The van der Waals surface area contributed by atoms with Gasteiger partial charge >= 0.3 is 0 Å². The number of anilines is 1. The van der Waals surface area contributed by atoms with Crippen molar-refractivity contribution >= 4 is 28.8 Å². The van der Waals surface area contributed by atoms with Crippen molar-refractivity contribution in [2.24, 2.45) is 0 Å². The molecule has 9 heteroatoms. The quantitative estimate of drug-likeness (QED) is 0.636. The number of hydrogen-bond donors (Lipinski definition) is 1. The summed E-state index contributed by atoms with van der Waals surface area (Å²) in [7, 11) is 0. The number of carbonyl (C=O) groups is 2. The van der Waals surface area contributed by atoms with Crippen molar-refractivity contribution in [1.82, 2.24) is 15.1 Å². The van der Waals surface area contributed by atoms with Crippen molar-refractivity contribution in [3.8, 4) is 5.75 Å². The zero-order chi connectivity index (χ0) is 21.6. The van der Waals surface area contributed by atoms with Gasteiger partial charge in [0, 0.05) is 24.3 Å². The summed E-state index contributed by atoms with van der Waals surface area (Å²) in [6.07, 6.45) is 0. The van der Waals surface area contributed by atoms with E-state index in [1.165, 1.54) is 11.3 Å². The Balaban J connectivity index is 1.37. The molecule has 1 N–H and O–H groups in total. The molecule has 2 aromatic carbocycles. The maximum absolute atomic E-state index is 12.6. The van der Waals surface area contributed by atoms with E-state index < -0.39 is 0 Å². The van der Waals surface area contributed by atoms with Crippen LogP contribution in [-0.4, -0.2) is 53.2 Å². The molecule has 1 saturated heterocycles. The van der Waals surface area contributed by atoms with Crippen LogP contribution >= 0.6 is 11.3 Å². The summed E-state index contributed by atoms with van der Waals surface area (Å²) >= 11 is 1.17. The number of nitrogens with one attached hydrogen (secondary N) is 1. The van der Waals surface area contributed by atoms with Crippen LogP contribution in [-0.2, 0) is 11.3 Å². The van der Waals surface area contributed by atoms with Crippen molar-refractivity contribution in [2.45, 2.75) is 13.5 Å². The average Bonchev–Trinajstić information content (AvgIpc) is 3.28. The fraction of sp³-hybridized carbons (Fsp3) is 0.273. The number of amides is 2. The molecule has 0 spiro atoms. The third kappa shape index (κ3) is 5.25. The van der Waals surface area contributed by atoms with E-state index in [4.69, 9.17) is 9.47 Å². The molecule has 1 aromatic heterocycles. The monoisotopic (exact) mass is 438 g/mol. The first kappa shape index (κ1) is 21.0. The van der Waals surface area contributed by atoms with Crippen molar-refractivity contribution in [3.05, 3.63) is 69.7 Å². The third-order valence-corrected chi connectivity index (χ3v) is 5.67. The summed E-state index contributed by atoms with van der Waals surface area (Å²) in [5.74, 6) is 0.312. The summed E-state index contributed by atoms with van der Waals surface area (Å²) < 4.78 is 11.0. The predicted octanol–water partition coefficient (Wildman–Crippen LogP) is 3.15. The Kier molecular flexibility index (Phi) is 6.54. The van der Waals surface area contributed by atoms with E-state index in [2.05, 4.69) is 15.5 Å². The highest BCUT2D eigenvalue weighted by Gasteiger charge is 2.19. The number of ether oxygens (including phenoxy) is 2. The summed E-state index contributed by atoms with van der Waals surface area (Å²) in [5, 5.41) is 11.6. The summed E-state index contributed by atoms with van der Waals surface area (Å²) in [5.41, 5.74) is 2.07. The Hall–Kier alpha value is -3.30. The van der Waals surface area contributed by atoms with E-state index in [1.807, 2.05) is 31.2 Å². The van der Waals surface area contributed by atoms with E-state index in [-0.39, 0.29) is 23.4 Å². The fourth-order valence-electron chi connectivity index (χ4n) is 3.13. The van der Waals surface area contributed by atoms with Crippen LogP contribution in [0.25, 0.3) is 0 Å². The first-order valence-corrected chi connectivity index (χ1v) is 10.7. The maximum Gasteiger partial charge on any atom is 0.286 e. The second-order valence-corrected chi connectivity index (χ2v) is 8.06. The Bertz CT molecular complexity index is 1080. The van der Waals surface area contributed by atoms with Crippen LogP contribution in [0.5, 0.6) is 5.75 Å². The van der Waals surface area contributed by atoms with Gasteiger partial charge in [-0.15, -0.1) is 10.2 Å². The molecule has 4 rings (SSSR count). The van der Waals surface area contributed by atoms with Crippen molar-refractivity contribution < 1.29 is 19.1 Å². The SMILES string of the molecule is Cc1ccccc1OCc1nnc(C(=O)Nc2cccc(C(=O)N3CCOCC3)c2)s1. The van der Waals surface area contributed by atoms with Gasteiger partial charge in [-0.25, -0.2) is 0 Å². The Morgan fingerprint density at radius 2 is 1.94 bits per heavy atom. The number of rotatable bonds is 6. The van der Waals surface area contributed by atoms with Gasteiger partial charge in [0.1, 0.15) is 12.4 Å². The minimum absolute atomic E-state index is 0.0778. The molecule has 8 nitrogen and oxygen atoms in total. The summed E-state index contributed by atoms with van der Waals surface area (Å²) in [4.78, 5) is 27.0. The van der Waals surface area contributed by atoms with Gasteiger partial charge in [-0.1, -0.05) is 35.6 Å². The molecule has 2 heterocycles. The van der Waals surface area contributed by atoms with E-state index in [0.717, 1.165) is 11.3 Å². The maximum atomic E-state index is 12.6. The summed E-state index contributed by atoms with van der Waals surface area (Å²) in [6, 6.07) is 14.6. The van der Waals surface area contributed by atoms with E-state index >= 15 is 0 Å². The van der Waals surface area contributed by atoms with Gasteiger partial charge < -0.3 is 19.7 Å². The highest BCUT2D eigenvalue weighted by atomic mass is 32.1. The second kappa shape index (κ2) is 9.67. The highest BCUT2D eigenvalue weighted by molar-refractivity contribution is 7.13. The molecule has 0 saturated carbocycles. The molecule has 2 amide bonds. The van der Waals surface area contributed by atoms with Crippen LogP contribution in [0.15, 0.2) is 48.5 Å². The first-order chi connectivity index (χ1) is 15.1. The Morgan fingerprint density at radius 3 is 2.74 bits per heavy atom. The van der Waals surface area contributed by atoms with E-state index in [1.54, 1.807) is 29.2 Å². The molecule has 160 valence electrons. The zero-order valence-corrected chi connectivity index (χ0v) is 17.9. The molecule has 0 aliphatic carbocycles. The predicted molar refractivity (Wildman–Crippen MR) is 117 cm³/mol. The van der Waals surface area contributed by atoms with Crippen molar-refractivity contribution in [3.63, 3.8) is 0 Å². The normalized spacial score (nSPS) is 13.6. The van der Waals surface area contributed by atoms with Gasteiger partial charge in [-0.05, 0) is 36.8 Å². The molecule has 0 atom stereocenters. The number of aryl methyl sites for hydroxylation is 1. The average molecular weight is 439 g/mol. The largest absolute Gasteiger partial charge is 0.486 e. The standard InChI is InChI=1S/C22H22N4O4S/c1-15-5-2-3-8-18(15)30-14-19-24-25-21(31-19)20(27)23-17-7-4-6-16(13-17)22(28)26-9-11-29-12-10-26/h2-8,13H,9-12,14H2,1H3,(H,23,27). The van der Waals surface area contributed by atoms with Gasteiger partial charge in [0.2, 0.25) is 5.01 Å². The van der Waals surface area contributed by atoms with Crippen LogP contribution in [0.3, 0.4) is 0 Å². The molecule has 1 fully saturated rings. The molecule has 0 radical (unpaired) electrons. The zero-order valence-electron chi connectivity index (χ0n) is 17.0. The van der Waals surface area contributed by atoms with Gasteiger partial charge in [0.25, 0.3) is 11.8 Å². The van der Waals surface area contributed by atoms with Crippen LogP contribution in [0.4, 0.5) is 5.69 Å². The molecule has 1 aliphatic rings. The molecular weight excluding hydrogens is 416 g/mol. The van der Waals surface area contributed by atoms with Gasteiger partial charge in [0.15, 0.2) is 5.01 Å².